The fourth-order valence-corrected chi connectivity index (χ4v) is 4.74. The highest BCUT2D eigenvalue weighted by atomic mass is 16.7. The van der Waals surface area contributed by atoms with Crippen LogP contribution in [0.3, 0.4) is 0 Å². The van der Waals surface area contributed by atoms with Crippen molar-refractivity contribution in [3.8, 4) is 11.4 Å². The Morgan fingerprint density at radius 2 is 1.88 bits per heavy atom. The Hall–Kier alpha value is -4.45. The van der Waals surface area contributed by atoms with Crippen LogP contribution < -0.4 is 16.2 Å². The largest absolute Gasteiger partial charge is 0.508 e. The highest BCUT2D eigenvalue weighted by molar-refractivity contribution is 5.88. The lowest BCUT2D eigenvalue weighted by molar-refractivity contribution is -0.141. The van der Waals surface area contributed by atoms with E-state index in [1.54, 1.807) is 13.0 Å². The van der Waals surface area contributed by atoms with E-state index in [2.05, 4.69) is 15.4 Å². The predicted octanol–water partition coefficient (Wildman–Crippen LogP) is 2.95. The van der Waals surface area contributed by atoms with Crippen molar-refractivity contribution in [2.75, 3.05) is 26.8 Å². The van der Waals surface area contributed by atoms with E-state index in [0.717, 1.165) is 16.5 Å². The van der Waals surface area contributed by atoms with Crippen LogP contribution in [-0.4, -0.2) is 59.6 Å². The summed E-state index contributed by atoms with van der Waals surface area (Å²) in [7, 11) is 1.24. The van der Waals surface area contributed by atoms with Crippen LogP contribution in [-0.2, 0) is 37.8 Å². The van der Waals surface area contributed by atoms with Crippen molar-refractivity contribution in [1.82, 2.24) is 20.2 Å². The smallest absolute Gasteiger partial charge is 0.453 e. The lowest BCUT2D eigenvalue weighted by Gasteiger charge is -2.28. The normalized spacial score (nSPS) is 13.1. The van der Waals surface area contributed by atoms with Crippen LogP contribution in [0.15, 0.2) is 41.2 Å². The molecule has 218 valence electrons. The lowest BCUT2D eigenvalue weighted by Crippen LogP contribution is -2.46. The lowest BCUT2D eigenvalue weighted by atomic mass is 9.86. The molecule has 3 N–H and O–H groups in total. The van der Waals surface area contributed by atoms with Gasteiger partial charge >= 0.3 is 12.2 Å². The van der Waals surface area contributed by atoms with E-state index in [1.807, 2.05) is 37.3 Å². The molecule has 2 amide bonds. The molecule has 0 bridgehead atoms. The summed E-state index contributed by atoms with van der Waals surface area (Å²) in [6.45, 7) is 3.74. The van der Waals surface area contributed by atoms with Crippen LogP contribution >= 0.6 is 0 Å². The number of methoxy groups -OCH3 is 1. The van der Waals surface area contributed by atoms with Gasteiger partial charge in [0.05, 0.1) is 42.7 Å². The summed E-state index contributed by atoms with van der Waals surface area (Å²) >= 11 is 0. The number of aliphatic hydroxyl groups is 1. The molecule has 0 aliphatic carbocycles. The maximum Gasteiger partial charge on any atom is 0.508 e. The molecule has 3 heterocycles. The Labute approximate surface area is 236 Å². The molecule has 0 fully saturated rings. The highest BCUT2D eigenvalue weighted by Crippen LogP contribution is 2.36. The molecule has 1 aromatic carbocycles. The second kappa shape index (κ2) is 12.8. The van der Waals surface area contributed by atoms with Gasteiger partial charge in [-0.25, -0.2) is 14.6 Å². The number of benzene rings is 1. The summed E-state index contributed by atoms with van der Waals surface area (Å²) in [5.41, 5.74) is 0.0506. The number of pyridine rings is 2. The molecule has 0 saturated carbocycles. The number of fused-ring (bicyclic) bond motifs is 4. The second-order valence-corrected chi connectivity index (χ2v) is 9.63. The number of hydrogen-bond acceptors (Lipinski definition) is 9. The molecule has 3 aromatic rings. The van der Waals surface area contributed by atoms with E-state index < -0.39 is 35.9 Å². The van der Waals surface area contributed by atoms with Crippen molar-refractivity contribution >= 4 is 29.1 Å². The van der Waals surface area contributed by atoms with Crippen molar-refractivity contribution < 1.29 is 33.7 Å². The molecule has 0 unspecified atom stereocenters. The third-order valence-corrected chi connectivity index (χ3v) is 6.97. The maximum absolute atomic E-state index is 13.9. The van der Waals surface area contributed by atoms with Gasteiger partial charge in [-0.15, -0.1) is 0 Å². The molecule has 1 atom stereocenters. The summed E-state index contributed by atoms with van der Waals surface area (Å²) in [6, 6.07) is 11.1. The van der Waals surface area contributed by atoms with E-state index in [4.69, 9.17) is 14.5 Å². The van der Waals surface area contributed by atoms with Crippen molar-refractivity contribution in [2.24, 2.45) is 0 Å². The second-order valence-electron chi connectivity index (χ2n) is 9.63. The Morgan fingerprint density at radius 1 is 1.10 bits per heavy atom. The van der Waals surface area contributed by atoms with Crippen molar-refractivity contribution in [1.29, 1.82) is 0 Å². The Balaban J connectivity index is 1.66. The number of ether oxygens (including phenoxy) is 3. The summed E-state index contributed by atoms with van der Waals surface area (Å²) in [4.78, 5) is 55.2. The third kappa shape index (κ3) is 6.17. The van der Waals surface area contributed by atoms with Crippen molar-refractivity contribution in [3.05, 3.63) is 63.4 Å². The van der Waals surface area contributed by atoms with Crippen LogP contribution in [0.4, 0.5) is 9.59 Å². The number of hydrogen-bond donors (Lipinski definition) is 3. The molecule has 4 rings (SSSR count). The number of nitrogens with one attached hydrogen (secondary N) is 2. The zero-order valence-electron chi connectivity index (χ0n) is 23.3. The molecule has 0 radical (unpaired) electrons. The van der Waals surface area contributed by atoms with Gasteiger partial charge in [0.15, 0.2) is 5.60 Å². The van der Waals surface area contributed by atoms with Crippen LogP contribution in [0, 0.1) is 0 Å². The van der Waals surface area contributed by atoms with Crippen LogP contribution in [0.2, 0.25) is 0 Å². The Bertz CT molecular complexity index is 1520. The van der Waals surface area contributed by atoms with E-state index >= 15 is 0 Å². The highest BCUT2D eigenvalue weighted by Gasteiger charge is 2.41. The van der Waals surface area contributed by atoms with E-state index in [-0.39, 0.29) is 37.2 Å². The third-order valence-electron chi connectivity index (χ3n) is 6.97. The SMILES string of the molecule is CCCNC(=O)[C@](O)(CC)c1cc2n(c(=O)c1COC(=O)OCCCNC(=O)OC)Cc1cc3ccccc3nc1-2. The molecule has 41 heavy (non-hydrogen) atoms. The topological polar surface area (TPSA) is 158 Å². The number of carbonyl (C=O) groups is 3. The number of rotatable bonds is 11. The summed E-state index contributed by atoms with van der Waals surface area (Å²) in [6.07, 6.45) is -0.711. The maximum atomic E-state index is 13.9. The Morgan fingerprint density at radius 3 is 2.61 bits per heavy atom. The average Bonchev–Trinajstić information content (AvgIpc) is 3.34. The molecular weight excluding hydrogens is 532 g/mol. The molecule has 1 aliphatic rings. The minimum Gasteiger partial charge on any atom is -0.453 e. The fraction of sp³-hybridized carbons (Fsp3) is 0.414. The van der Waals surface area contributed by atoms with E-state index in [0.29, 0.717) is 30.8 Å². The molecule has 2 aromatic heterocycles. The number of para-hydroxylation sites is 1. The fourth-order valence-electron chi connectivity index (χ4n) is 4.74. The van der Waals surface area contributed by atoms with Crippen LogP contribution in [0.25, 0.3) is 22.3 Å². The molecule has 0 saturated heterocycles. The van der Waals surface area contributed by atoms with Gasteiger partial charge in [-0.3, -0.25) is 9.59 Å². The van der Waals surface area contributed by atoms with Crippen LogP contribution in [0.5, 0.6) is 0 Å². The van der Waals surface area contributed by atoms with Crippen molar-refractivity contribution in [3.63, 3.8) is 0 Å². The average molecular weight is 567 g/mol. The van der Waals surface area contributed by atoms with Crippen LogP contribution in [0.1, 0.15) is 49.8 Å². The first-order chi connectivity index (χ1) is 19.7. The molecular formula is C29H34N4O8. The minimum atomic E-state index is -2.06. The molecule has 12 nitrogen and oxygen atoms in total. The summed E-state index contributed by atoms with van der Waals surface area (Å²) in [5, 5.41) is 17.8. The quantitative estimate of drug-likeness (QED) is 0.183. The van der Waals surface area contributed by atoms with Gasteiger partial charge in [0.1, 0.15) is 6.61 Å². The monoisotopic (exact) mass is 566 g/mol. The van der Waals surface area contributed by atoms with Crippen molar-refractivity contribution in [2.45, 2.75) is 51.9 Å². The number of alkyl carbamates (subject to hydrolysis) is 1. The van der Waals surface area contributed by atoms with Gasteiger partial charge in [-0.2, -0.15) is 0 Å². The number of aromatic nitrogens is 2. The predicted molar refractivity (Wildman–Crippen MR) is 149 cm³/mol. The first kappa shape index (κ1) is 29.5. The van der Waals surface area contributed by atoms with Gasteiger partial charge in [0.2, 0.25) is 0 Å². The first-order valence-corrected chi connectivity index (χ1v) is 13.5. The molecule has 12 heteroatoms. The zero-order chi connectivity index (χ0) is 29.6. The zero-order valence-corrected chi connectivity index (χ0v) is 23.3. The van der Waals surface area contributed by atoms with Gasteiger partial charge < -0.3 is 34.5 Å². The molecule has 0 spiro atoms. The number of nitrogens with zero attached hydrogens (tertiary/aromatic N) is 2. The molecule has 1 aliphatic heterocycles. The van der Waals surface area contributed by atoms with E-state index in [9.17, 15) is 24.3 Å². The summed E-state index contributed by atoms with van der Waals surface area (Å²) in [5.74, 6) is -0.655. The van der Waals surface area contributed by atoms with Gasteiger partial charge in [-0.1, -0.05) is 32.0 Å². The van der Waals surface area contributed by atoms with Gasteiger partial charge in [0, 0.05) is 29.6 Å². The van der Waals surface area contributed by atoms with Gasteiger partial charge in [-0.05, 0) is 37.5 Å². The number of carbonyl (C=O) groups excluding carboxylic acids is 3. The van der Waals surface area contributed by atoms with E-state index in [1.165, 1.54) is 11.7 Å². The summed E-state index contributed by atoms with van der Waals surface area (Å²) < 4.78 is 16.3. The number of amides is 2. The minimum absolute atomic E-state index is 0.0336. The standard InChI is InChI=1S/C29H34N4O8/c1-4-11-30-26(35)29(38,5-2)21-15-23-24-19(14-18-9-6-7-10-22(18)32-24)16-33(23)25(34)20(21)17-41-28(37)40-13-8-12-31-27(36)39-3/h6-7,9-10,14-15,38H,4-5,8,11-13,16-17H2,1-3H3,(H,30,35)(H,31,36)/t29-/m0/s1. The van der Waals surface area contributed by atoms with Gasteiger partial charge in [0.25, 0.3) is 11.5 Å². The Kier molecular flexibility index (Phi) is 9.23. The first-order valence-electron chi connectivity index (χ1n) is 13.5.